The molecule has 1 aliphatic rings. The average Bonchev–Trinajstić information content (AvgIpc) is 2.73. The van der Waals surface area contributed by atoms with Crippen LogP contribution in [-0.2, 0) is 6.54 Å². The molecule has 1 heterocycles. The van der Waals surface area contributed by atoms with Crippen molar-refractivity contribution in [3.63, 3.8) is 0 Å². The van der Waals surface area contributed by atoms with Crippen molar-refractivity contribution in [2.75, 3.05) is 0 Å². The van der Waals surface area contributed by atoms with E-state index < -0.39 is 0 Å². The number of alkyl halides is 1. The van der Waals surface area contributed by atoms with Gasteiger partial charge in [0.05, 0.1) is 20.9 Å². The average molecular weight is 374 g/mol. The summed E-state index contributed by atoms with van der Waals surface area (Å²) in [5.41, 5.74) is 1.98. The molecule has 3 rings (SSSR count). The first kappa shape index (κ1) is 15.3. The lowest BCUT2D eigenvalue weighted by Crippen LogP contribution is -2.34. The van der Waals surface area contributed by atoms with Crippen molar-refractivity contribution < 1.29 is 4.39 Å². The largest absolute Gasteiger partial charge is 0.326 e. The number of imidazole rings is 1. The summed E-state index contributed by atoms with van der Waals surface area (Å²) in [6.07, 6.45) is 4.89. The zero-order valence-electron chi connectivity index (χ0n) is 12.3. The second-order valence-corrected chi connectivity index (χ2v) is 7.64. The van der Waals surface area contributed by atoms with E-state index in [1.165, 1.54) is 19.3 Å². The quantitative estimate of drug-likeness (QED) is 0.618. The van der Waals surface area contributed by atoms with E-state index in [0.29, 0.717) is 9.89 Å². The number of hydrogen-bond donors (Lipinski definition) is 0. The van der Waals surface area contributed by atoms with Gasteiger partial charge in [0.2, 0.25) is 0 Å². The highest BCUT2D eigenvalue weighted by Gasteiger charge is 2.36. The maximum absolute atomic E-state index is 13.9. The Hall–Kier alpha value is -0.610. The van der Waals surface area contributed by atoms with Gasteiger partial charge in [0, 0.05) is 12.6 Å². The molecule has 2 aromatic rings. The van der Waals surface area contributed by atoms with Crippen LogP contribution in [0.5, 0.6) is 0 Å². The molecule has 0 radical (unpaired) electrons. The fraction of sp³-hybridized carbons (Fsp3) is 0.562. The van der Waals surface area contributed by atoms with Gasteiger partial charge in [0.15, 0.2) is 0 Å². The van der Waals surface area contributed by atoms with Crippen molar-refractivity contribution >= 4 is 38.6 Å². The maximum Gasteiger partial charge on any atom is 0.139 e. The summed E-state index contributed by atoms with van der Waals surface area (Å²) in [6.45, 7) is 5.04. The van der Waals surface area contributed by atoms with E-state index >= 15 is 0 Å². The molecule has 0 N–H and O–H groups in total. The standard InChI is InChI=1S/C16H19BrClFN2/c1-3-16(5-4-6-16)9-21-14-8-12(19)11(17)7-13(14)20-15(21)10(2)18/h7-8,10H,3-6,9H2,1-2H3. The molecule has 1 fully saturated rings. The number of hydrogen-bond acceptors (Lipinski definition) is 1. The third-order valence-corrected chi connectivity index (χ3v) is 5.64. The zero-order chi connectivity index (χ0) is 15.2. The summed E-state index contributed by atoms with van der Waals surface area (Å²) < 4.78 is 16.5. The summed E-state index contributed by atoms with van der Waals surface area (Å²) in [6, 6.07) is 3.31. The summed E-state index contributed by atoms with van der Waals surface area (Å²) in [5, 5.41) is -0.187. The van der Waals surface area contributed by atoms with Gasteiger partial charge in [-0.25, -0.2) is 9.37 Å². The van der Waals surface area contributed by atoms with Gasteiger partial charge in [0.1, 0.15) is 11.6 Å². The molecule has 1 aromatic carbocycles. The summed E-state index contributed by atoms with van der Waals surface area (Å²) in [4.78, 5) is 4.63. The van der Waals surface area contributed by atoms with Gasteiger partial charge in [-0.15, -0.1) is 11.6 Å². The van der Waals surface area contributed by atoms with Crippen LogP contribution in [-0.4, -0.2) is 9.55 Å². The first-order valence-corrected chi connectivity index (χ1v) is 8.68. The molecule has 5 heteroatoms. The Balaban J connectivity index is 2.13. The van der Waals surface area contributed by atoms with E-state index in [0.717, 1.165) is 29.8 Å². The molecule has 1 atom stereocenters. The van der Waals surface area contributed by atoms with Gasteiger partial charge < -0.3 is 4.57 Å². The lowest BCUT2D eigenvalue weighted by atomic mass is 9.67. The Kier molecular flexibility index (Phi) is 4.04. The number of nitrogens with zero attached hydrogens (tertiary/aromatic N) is 2. The smallest absolute Gasteiger partial charge is 0.139 e. The second-order valence-electron chi connectivity index (χ2n) is 6.13. The molecule has 2 nitrogen and oxygen atoms in total. The van der Waals surface area contributed by atoms with Gasteiger partial charge in [-0.3, -0.25) is 0 Å². The van der Waals surface area contributed by atoms with Gasteiger partial charge in [-0.05, 0) is 53.6 Å². The van der Waals surface area contributed by atoms with E-state index in [1.807, 2.05) is 6.92 Å². The lowest BCUT2D eigenvalue weighted by Gasteiger charge is -2.42. The molecular formula is C16H19BrClFN2. The monoisotopic (exact) mass is 372 g/mol. The Morgan fingerprint density at radius 1 is 1.48 bits per heavy atom. The van der Waals surface area contributed by atoms with E-state index in [1.54, 1.807) is 12.1 Å². The maximum atomic E-state index is 13.9. The third kappa shape index (κ3) is 2.61. The minimum Gasteiger partial charge on any atom is -0.326 e. The second kappa shape index (κ2) is 5.54. The van der Waals surface area contributed by atoms with Crippen molar-refractivity contribution in [1.29, 1.82) is 0 Å². The fourth-order valence-corrected chi connectivity index (χ4v) is 3.74. The van der Waals surface area contributed by atoms with Gasteiger partial charge in [-0.2, -0.15) is 0 Å². The Morgan fingerprint density at radius 2 is 2.19 bits per heavy atom. The van der Waals surface area contributed by atoms with Gasteiger partial charge in [0.25, 0.3) is 0 Å². The van der Waals surface area contributed by atoms with Crippen LogP contribution in [0, 0.1) is 11.2 Å². The molecule has 1 aromatic heterocycles. The Bertz CT molecular complexity index is 671. The van der Waals surface area contributed by atoms with Crippen LogP contribution >= 0.6 is 27.5 Å². The highest BCUT2D eigenvalue weighted by Crippen LogP contribution is 2.46. The van der Waals surface area contributed by atoms with E-state index in [-0.39, 0.29) is 11.2 Å². The topological polar surface area (TPSA) is 17.8 Å². The molecule has 0 amide bonds. The highest BCUT2D eigenvalue weighted by atomic mass is 79.9. The van der Waals surface area contributed by atoms with E-state index in [4.69, 9.17) is 11.6 Å². The number of fused-ring (bicyclic) bond motifs is 1. The Labute approximate surface area is 137 Å². The molecule has 0 spiro atoms. The highest BCUT2D eigenvalue weighted by molar-refractivity contribution is 9.10. The molecule has 0 saturated heterocycles. The summed E-state index contributed by atoms with van der Waals surface area (Å²) in [7, 11) is 0. The first-order valence-electron chi connectivity index (χ1n) is 7.45. The zero-order valence-corrected chi connectivity index (χ0v) is 14.6. The normalized spacial score (nSPS) is 18.7. The predicted molar refractivity (Wildman–Crippen MR) is 88.2 cm³/mol. The number of halogens is 3. The van der Waals surface area contributed by atoms with Crippen LogP contribution in [0.3, 0.4) is 0 Å². The number of rotatable bonds is 4. The molecule has 0 aliphatic heterocycles. The van der Waals surface area contributed by atoms with Crippen LogP contribution in [0.25, 0.3) is 11.0 Å². The predicted octanol–water partition coefficient (Wildman–Crippen LogP) is 5.82. The Morgan fingerprint density at radius 3 is 2.71 bits per heavy atom. The van der Waals surface area contributed by atoms with Crippen LogP contribution in [0.15, 0.2) is 16.6 Å². The molecule has 1 unspecified atom stereocenters. The van der Waals surface area contributed by atoms with Crippen molar-refractivity contribution in [2.45, 2.75) is 51.5 Å². The van der Waals surface area contributed by atoms with E-state index in [9.17, 15) is 4.39 Å². The van der Waals surface area contributed by atoms with Crippen molar-refractivity contribution in [1.82, 2.24) is 9.55 Å². The summed E-state index contributed by atoms with van der Waals surface area (Å²) >= 11 is 9.53. The SMILES string of the molecule is CCC1(Cn2c(C(C)Cl)nc3cc(Br)c(F)cc32)CCC1. The molecule has 0 bridgehead atoms. The number of benzene rings is 1. The minimum atomic E-state index is -0.253. The van der Waals surface area contributed by atoms with Crippen LogP contribution in [0.1, 0.15) is 50.7 Å². The van der Waals surface area contributed by atoms with Crippen LogP contribution < -0.4 is 0 Å². The van der Waals surface area contributed by atoms with Crippen LogP contribution in [0.4, 0.5) is 4.39 Å². The summed E-state index contributed by atoms with van der Waals surface area (Å²) in [5.74, 6) is 0.584. The third-order valence-electron chi connectivity index (χ3n) is 4.83. The van der Waals surface area contributed by atoms with E-state index in [2.05, 4.69) is 32.4 Å². The van der Waals surface area contributed by atoms with Crippen molar-refractivity contribution in [2.24, 2.45) is 5.41 Å². The molecule has 21 heavy (non-hydrogen) atoms. The van der Waals surface area contributed by atoms with Gasteiger partial charge in [-0.1, -0.05) is 13.3 Å². The number of aromatic nitrogens is 2. The van der Waals surface area contributed by atoms with Crippen LogP contribution in [0.2, 0.25) is 0 Å². The minimum absolute atomic E-state index is 0.187. The molecule has 1 aliphatic carbocycles. The molecular weight excluding hydrogens is 355 g/mol. The molecule has 114 valence electrons. The first-order chi connectivity index (χ1) is 9.96. The van der Waals surface area contributed by atoms with Crippen molar-refractivity contribution in [3.8, 4) is 0 Å². The van der Waals surface area contributed by atoms with Crippen molar-refractivity contribution in [3.05, 3.63) is 28.2 Å². The fourth-order valence-electron chi connectivity index (χ4n) is 3.24. The molecule has 1 saturated carbocycles. The van der Waals surface area contributed by atoms with Gasteiger partial charge >= 0.3 is 0 Å². The lowest BCUT2D eigenvalue weighted by molar-refractivity contribution is 0.101.